The lowest BCUT2D eigenvalue weighted by molar-refractivity contribution is -0.302. The second-order valence-corrected chi connectivity index (χ2v) is 22.1. The van der Waals surface area contributed by atoms with Crippen LogP contribution < -0.4 is 5.32 Å². The fourth-order valence-electron chi connectivity index (χ4n) is 10.0. The summed E-state index contributed by atoms with van der Waals surface area (Å²) in [5.74, 6) is -0.185. The van der Waals surface area contributed by atoms with Crippen LogP contribution in [-0.4, -0.2) is 100 Å². The molecule has 0 aromatic rings. The molecule has 1 aliphatic heterocycles. The third-order valence-corrected chi connectivity index (χ3v) is 15.1. The Balaban J connectivity index is 1.96. The minimum atomic E-state index is -1.57. The quantitative estimate of drug-likeness (QED) is 0.0195. The number of nitrogens with one attached hydrogen (secondary N) is 1. The molecule has 74 heavy (non-hydrogen) atoms. The van der Waals surface area contributed by atoms with Crippen LogP contribution in [0, 0.1) is 0 Å². The number of allylic oxidation sites excluding steroid dienone is 3. The van der Waals surface area contributed by atoms with Crippen molar-refractivity contribution in [2.45, 2.75) is 346 Å². The van der Waals surface area contributed by atoms with E-state index in [0.717, 1.165) is 57.8 Å². The van der Waals surface area contributed by atoms with Crippen LogP contribution in [0.1, 0.15) is 303 Å². The molecule has 0 aromatic heterocycles. The minimum Gasteiger partial charge on any atom is -0.466 e. The number of ether oxygens (including phenoxy) is 3. The highest BCUT2D eigenvalue weighted by Crippen LogP contribution is 2.23. The van der Waals surface area contributed by atoms with E-state index < -0.39 is 49.5 Å². The Morgan fingerprint density at radius 3 is 1.34 bits per heavy atom. The van der Waals surface area contributed by atoms with Crippen molar-refractivity contribution < 1.29 is 49.3 Å². The molecule has 11 heteroatoms. The highest BCUT2D eigenvalue weighted by Gasteiger charge is 2.44. The fourth-order valence-corrected chi connectivity index (χ4v) is 10.0. The zero-order valence-corrected chi connectivity index (χ0v) is 48.1. The normalized spacial score (nSPS) is 18.9. The van der Waals surface area contributed by atoms with Crippen LogP contribution in [0.3, 0.4) is 0 Å². The van der Waals surface area contributed by atoms with Crippen LogP contribution in [-0.2, 0) is 23.8 Å². The van der Waals surface area contributed by atoms with Crippen LogP contribution in [0.15, 0.2) is 24.3 Å². The molecule has 0 aliphatic carbocycles. The number of esters is 1. The first kappa shape index (κ1) is 70.2. The van der Waals surface area contributed by atoms with Crippen molar-refractivity contribution in [2.75, 3.05) is 19.8 Å². The average molecular weight is 1050 g/mol. The first-order valence-corrected chi connectivity index (χ1v) is 31.6. The van der Waals surface area contributed by atoms with Gasteiger partial charge in [-0.3, -0.25) is 9.59 Å². The molecular weight excluding hydrogens is 931 g/mol. The van der Waals surface area contributed by atoms with E-state index in [-0.39, 0.29) is 18.5 Å². The molecule has 1 fully saturated rings. The number of unbranched alkanes of at least 4 members (excludes halogenated alkanes) is 39. The molecule has 1 rings (SSSR count). The molecule has 7 unspecified atom stereocenters. The van der Waals surface area contributed by atoms with Crippen molar-refractivity contribution in [3.8, 4) is 0 Å². The number of carbonyl (C=O) groups excluding carboxylic acids is 2. The molecule has 7 atom stereocenters. The second kappa shape index (κ2) is 53.2. The summed E-state index contributed by atoms with van der Waals surface area (Å²) >= 11 is 0. The largest absolute Gasteiger partial charge is 0.466 e. The van der Waals surface area contributed by atoms with Crippen molar-refractivity contribution in [3.05, 3.63) is 24.3 Å². The zero-order chi connectivity index (χ0) is 53.8. The summed E-state index contributed by atoms with van der Waals surface area (Å²) in [5.41, 5.74) is 0. The third kappa shape index (κ3) is 42.2. The Morgan fingerprint density at radius 2 is 0.878 bits per heavy atom. The van der Waals surface area contributed by atoms with E-state index in [2.05, 4.69) is 31.3 Å². The van der Waals surface area contributed by atoms with Gasteiger partial charge in [0, 0.05) is 12.8 Å². The summed E-state index contributed by atoms with van der Waals surface area (Å²) in [4.78, 5) is 25.0. The number of amides is 1. The van der Waals surface area contributed by atoms with Crippen molar-refractivity contribution in [3.63, 3.8) is 0 Å². The van der Waals surface area contributed by atoms with E-state index in [1.54, 1.807) is 6.08 Å². The summed E-state index contributed by atoms with van der Waals surface area (Å²) in [6.45, 7) is 4.29. The molecule has 6 N–H and O–H groups in total. The van der Waals surface area contributed by atoms with Gasteiger partial charge in [-0.05, 0) is 44.9 Å². The van der Waals surface area contributed by atoms with Gasteiger partial charge in [0.05, 0.1) is 32.0 Å². The van der Waals surface area contributed by atoms with Gasteiger partial charge < -0.3 is 45.1 Å². The molecule has 0 spiro atoms. The summed E-state index contributed by atoms with van der Waals surface area (Å²) in [7, 11) is 0. The lowest BCUT2D eigenvalue weighted by Crippen LogP contribution is -2.60. The monoisotopic (exact) mass is 1050 g/mol. The maximum absolute atomic E-state index is 13.0. The van der Waals surface area contributed by atoms with Gasteiger partial charge >= 0.3 is 5.97 Å². The Hall–Kier alpha value is -1.86. The standard InChI is InChI=1S/C63H119NO10/c1-3-5-7-9-11-13-30-35-39-43-47-51-59(68)72-52-48-44-40-36-32-29-27-25-23-21-19-17-15-14-16-18-20-22-24-26-28-31-34-38-42-46-50-58(67)64-55(56(66)49-45-41-37-33-12-10-8-6-4-2)54-73-63-62(71)61(70)60(69)57(53-65)74-63/h12,33,45,49,55-57,60-63,65-66,69-71H,3-11,13-32,34-44,46-48,50-54H2,1-2H3,(H,64,67)/b33-12+,49-45+. The van der Waals surface area contributed by atoms with Crippen molar-refractivity contribution in [1.29, 1.82) is 0 Å². The molecule has 1 heterocycles. The zero-order valence-electron chi connectivity index (χ0n) is 48.1. The van der Waals surface area contributed by atoms with Crippen LogP contribution in [0.5, 0.6) is 0 Å². The number of aliphatic hydroxyl groups excluding tert-OH is 5. The molecule has 1 saturated heterocycles. The maximum Gasteiger partial charge on any atom is 0.305 e. The first-order valence-electron chi connectivity index (χ1n) is 31.6. The van der Waals surface area contributed by atoms with Crippen LogP contribution in [0.2, 0.25) is 0 Å². The first-order chi connectivity index (χ1) is 36.2. The number of aliphatic hydroxyl groups is 5. The van der Waals surface area contributed by atoms with E-state index in [4.69, 9.17) is 14.2 Å². The van der Waals surface area contributed by atoms with Gasteiger partial charge in [0.2, 0.25) is 5.91 Å². The topological polar surface area (TPSA) is 175 Å². The molecule has 0 bridgehead atoms. The second-order valence-electron chi connectivity index (χ2n) is 22.1. The summed E-state index contributed by atoms with van der Waals surface area (Å²) in [6, 6.07) is -0.823. The van der Waals surface area contributed by atoms with Crippen LogP contribution in [0.25, 0.3) is 0 Å². The van der Waals surface area contributed by atoms with Crippen LogP contribution >= 0.6 is 0 Å². The molecule has 1 aliphatic rings. The predicted octanol–water partition coefficient (Wildman–Crippen LogP) is 14.9. The van der Waals surface area contributed by atoms with Gasteiger partial charge in [-0.1, -0.05) is 269 Å². The van der Waals surface area contributed by atoms with E-state index in [1.165, 1.54) is 218 Å². The molecule has 436 valence electrons. The summed E-state index contributed by atoms with van der Waals surface area (Å²) in [5, 5.41) is 54.2. The Kier molecular flexibility index (Phi) is 50.4. The highest BCUT2D eigenvalue weighted by atomic mass is 16.7. The van der Waals surface area contributed by atoms with Gasteiger partial charge in [0.15, 0.2) is 6.29 Å². The SMILES string of the molecule is CCCCC/C=C/CC/C=C/C(O)C(COC1OC(CO)C(O)C(O)C1O)NC(=O)CCCCCCCCCCCCCCCCCCCCCCCCCCCCOC(=O)CCCCCCCCCCCCC. The lowest BCUT2D eigenvalue weighted by Gasteiger charge is -2.40. The van der Waals surface area contributed by atoms with Gasteiger partial charge in [-0.25, -0.2) is 0 Å². The minimum absolute atomic E-state index is 0.00666. The van der Waals surface area contributed by atoms with Gasteiger partial charge in [-0.2, -0.15) is 0 Å². The molecular formula is C63H119NO10. The third-order valence-electron chi connectivity index (χ3n) is 15.1. The van der Waals surface area contributed by atoms with E-state index in [9.17, 15) is 35.1 Å². The molecule has 0 radical (unpaired) electrons. The predicted molar refractivity (Wildman–Crippen MR) is 306 cm³/mol. The van der Waals surface area contributed by atoms with Gasteiger partial charge in [0.25, 0.3) is 0 Å². The van der Waals surface area contributed by atoms with E-state index >= 15 is 0 Å². The van der Waals surface area contributed by atoms with Gasteiger partial charge in [0.1, 0.15) is 24.4 Å². The van der Waals surface area contributed by atoms with E-state index in [0.29, 0.717) is 19.4 Å². The maximum atomic E-state index is 13.0. The van der Waals surface area contributed by atoms with Gasteiger partial charge in [-0.15, -0.1) is 0 Å². The highest BCUT2D eigenvalue weighted by molar-refractivity contribution is 5.76. The van der Waals surface area contributed by atoms with Crippen molar-refractivity contribution in [2.24, 2.45) is 0 Å². The number of rotatable bonds is 55. The van der Waals surface area contributed by atoms with Crippen molar-refractivity contribution >= 4 is 11.9 Å². The summed E-state index contributed by atoms with van der Waals surface area (Å²) < 4.78 is 16.7. The number of hydrogen-bond donors (Lipinski definition) is 6. The number of hydrogen-bond acceptors (Lipinski definition) is 10. The average Bonchev–Trinajstić information content (AvgIpc) is 3.40. The Bertz CT molecular complexity index is 1280. The fraction of sp³-hybridized carbons (Fsp3) is 0.905. The summed E-state index contributed by atoms with van der Waals surface area (Å²) in [6.07, 6.45) is 54.5. The lowest BCUT2D eigenvalue weighted by atomic mass is 9.99. The Labute approximate surface area is 454 Å². The Morgan fingerprint density at radius 1 is 0.486 bits per heavy atom. The molecule has 0 saturated carbocycles. The molecule has 1 amide bonds. The van der Waals surface area contributed by atoms with Crippen molar-refractivity contribution in [1.82, 2.24) is 5.32 Å². The number of carbonyl (C=O) groups is 2. The van der Waals surface area contributed by atoms with Crippen LogP contribution in [0.4, 0.5) is 0 Å². The molecule has 0 aromatic carbocycles. The van der Waals surface area contributed by atoms with E-state index in [1.807, 2.05) is 6.08 Å². The molecule has 11 nitrogen and oxygen atoms in total. The smallest absolute Gasteiger partial charge is 0.305 e.